The second-order valence-corrected chi connectivity index (χ2v) is 3.72. The first-order valence-corrected chi connectivity index (χ1v) is 5.59. The van der Waals surface area contributed by atoms with Gasteiger partial charge in [0.25, 0.3) is 0 Å². The molecule has 6 heteroatoms. The van der Waals surface area contributed by atoms with E-state index in [2.05, 4.69) is 4.98 Å². The van der Waals surface area contributed by atoms with Gasteiger partial charge in [0.1, 0.15) is 12.0 Å². The summed E-state index contributed by atoms with van der Waals surface area (Å²) in [5.41, 5.74) is 1.14. The summed E-state index contributed by atoms with van der Waals surface area (Å²) in [5, 5.41) is 8.99. The van der Waals surface area contributed by atoms with Crippen LogP contribution in [-0.4, -0.2) is 31.4 Å². The topological polar surface area (TPSA) is 74.0 Å². The largest absolute Gasteiger partial charge is 0.493 e. The van der Waals surface area contributed by atoms with Crippen molar-refractivity contribution in [2.75, 3.05) is 21.3 Å². The molecule has 6 nitrogen and oxygen atoms in total. The van der Waals surface area contributed by atoms with Crippen LogP contribution in [0, 0.1) is 0 Å². The Morgan fingerprint density at radius 1 is 1.11 bits per heavy atom. The smallest absolute Gasteiger partial charge is 0.226 e. The average molecular weight is 265 g/mol. The van der Waals surface area contributed by atoms with Crippen molar-refractivity contribution in [3.63, 3.8) is 0 Å². The maximum absolute atomic E-state index is 8.99. The van der Waals surface area contributed by atoms with Crippen molar-refractivity contribution < 1.29 is 23.7 Å². The Morgan fingerprint density at radius 3 is 2.16 bits per heavy atom. The van der Waals surface area contributed by atoms with Gasteiger partial charge in [-0.05, 0) is 12.1 Å². The SMILES string of the molecule is COc1cc(-c2nc(CO)co2)cc(OC)c1OC. The summed E-state index contributed by atoms with van der Waals surface area (Å²) in [6.07, 6.45) is 1.40. The third kappa shape index (κ3) is 2.48. The lowest BCUT2D eigenvalue weighted by molar-refractivity contribution is 0.276. The van der Waals surface area contributed by atoms with Crippen molar-refractivity contribution in [1.29, 1.82) is 0 Å². The van der Waals surface area contributed by atoms with Gasteiger partial charge in [-0.2, -0.15) is 0 Å². The van der Waals surface area contributed by atoms with E-state index in [1.54, 1.807) is 12.1 Å². The van der Waals surface area contributed by atoms with Crippen LogP contribution in [0.4, 0.5) is 0 Å². The fourth-order valence-electron chi connectivity index (χ4n) is 1.72. The van der Waals surface area contributed by atoms with Crippen LogP contribution in [0.5, 0.6) is 17.2 Å². The summed E-state index contributed by atoms with van der Waals surface area (Å²) >= 11 is 0. The highest BCUT2D eigenvalue weighted by Crippen LogP contribution is 2.40. The standard InChI is InChI=1S/C13H15NO5/c1-16-10-4-8(5-11(17-2)12(10)18-3)13-14-9(6-15)7-19-13/h4-5,7,15H,6H2,1-3H3. The number of rotatable bonds is 5. The zero-order chi connectivity index (χ0) is 13.8. The lowest BCUT2D eigenvalue weighted by atomic mass is 10.2. The Morgan fingerprint density at radius 2 is 1.74 bits per heavy atom. The third-order valence-electron chi connectivity index (χ3n) is 2.63. The molecule has 1 heterocycles. The molecule has 0 unspecified atom stereocenters. The van der Waals surface area contributed by atoms with E-state index in [-0.39, 0.29) is 6.61 Å². The quantitative estimate of drug-likeness (QED) is 0.889. The summed E-state index contributed by atoms with van der Waals surface area (Å²) in [5.74, 6) is 1.91. The Bertz CT molecular complexity index is 539. The van der Waals surface area contributed by atoms with E-state index in [1.165, 1.54) is 27.6 Å². The zero-order valence-corrected chi connectivity index (χ0v) is 11.0. The second-order valence-electron chi connectivity index (χ2n) is 3.72. The summed E-state index contributed by atoms with van der Waals surface area (Å²) in [6.45, 7) is -0.173. The van der Waals surface area contributed by atoms with Crippen LogP contribution in [0.2, 0.25) is 0 Å². The number of hydrogen-bond donors (Lipinski definition) is 1. The molecule has 0 bridgehead atoms. The lowest BCUT2D eigenvalue weighted by Crippen LogP contribution is -1.95. The highest BCUT2D eigenvalue weighted by Gasteiger charge is 2.16. The van der Waals surface area contributed by atoms with E-state index >= 15 is 0 Å². The molecule has 0 saturated carbocycles. The molecule has 0 fully saturated rings. The fraction of sp³-hybridized carbons (Fsp3) is 0.308. The molecular weight excluding hydrogens is 250 g/mol. The van der Waals surface area contributed by atoms with Crippen LogP contribution in [-0.2, 0) is 6.61 Å². The van der Waals surface area contributed by atoms with Gasteiger partial charge in [0.15, 0.2) is 11.5 Å². The van der Waals surface area contributed by atoms with Crippen LogP contribution in [0.15, 0.2) is 22.8 Å². The van der Waals surface area contributed by atoms with E-state index < -0.39 is 0 Å². The van der Waals surface area contributed by atoms with Crippen LogP contribution < -0.4 is 14.2 Å². The minimum atomic E-state index is -0.173. The normalized spacial score (nSPS) is 10.3. The lowest BCUT2D eigenvalue weighted by Gasteiger charge is -2.12. The molecule has 2 aromatic rings. The summed E-state index contributed by atoms with van der Waals surface area (Å²) < 4.78 is 21.0. The molecule has 0 amide bonds. The number of aromatic nitrogens is 1. The number of oxazole rings is 1. The molecule has 0 aliphatic rings. The van der Waals surface area contributed by atoms with Gasteiger partial charge in [-0.1, -0.05) is 0 Å². The summed E-state index contributed by atoms with van der Waals surface area (Å²) in [4.78, 5) is 4.14. The molecule has 0 spiro atoms. The number of aliphatic hydroxyl groups is 1. The fourth-order valence-corrected chi connectivity index (χ4v) is 1.72. The molecule has 0 atom stereocenters. The first-order chi connectivity index (χ1) is 9.23. The van der Waals surface area contributed by atoms with Gasteiger partial charge in [0.05, 0.1) is 27.9 Å². The van der Waals surface area contributed by atoms with Gasteiger partial charge in [-0.15, -0.1) is 0 Å². The average Bonchev–Trinajstić information content (AvgIpc) is 2.94. The first kappa shape index (κ1) is 13.2. The van der Waals surface area contributed by atoms with Crippen LogP contribution in [0.1, 0.15) is 5.69 Å². The predicted octanol–water partition coefficient (Wildman–Crippen LogP) is 1.86. The van der Waals surface area contributed by atoms with Crippen molar-refractivity contribution in [3.05, 3.63) is 24.1 Å². The van der Waals surface area contributed by atoms with Crippen molar-refractivity contribution >= 4 is 0 Å². The van der Waals surface area contributed by atoms with Gasteiger partial charge in [-0.25, -0.2) is 4.98 Å². The van der Waals surface area contributed by atoms with E-state index in [0.717, 1.165) is 0 Å². The maximum atomic E-state index is 8.99. The Kier molecular flexibility index (Phi) is 3.91. The maximum Gasteiger partial charge on any atom is 0.226 e. The zero-order valence-electron chi connectivity index (χ0n) is 11.0. The van der Waals surface area contributed by atoms with E-state index in [9.17, 15) is 0 Å². The van der Waals surface area contributed by atoms with Crippen molar-refractivity contribution in [1.82, 2.24) is 4.98 Å². The van der Waals surface area contributed by atoms with Gasteiger partial charge in [0, 0.05) is 5.56 Å². The Labute approximate surface area is 110 Å². The summed E-state index contributed by atoms with van der Waals surface area (Å²) in [7, 11) is 4.61. The van der Waals surface area contributed by atoms with Crippen molar-refractivity contribution in [2.24, 2.45) is 0 Å². The molecule has 102 valence electrons. The molecule has 0 saturated heterocycles. The summed E-state index contributed by atoms with van der Waals surface area (Å²) in [6, 6.07) is 3.46. The molecule has 19 heavy (non-hydrogen) atoms. The van der Waals surface area contributed by atoms with Crippen LogP contribution in [0.25, 0.3) is 11.5 Å². The number of ether oxygens (including phenoxy) is 3. The molecule has 1 aromatic carbocycles. The Balaban J connectivity index is 2.51. The monoisotopic (exact) mass is 265 g/mol. The third-order valence-corrected chi connectivity index (χ3v) is 2.63. The number of nitrogens with zero attached hydrogens (tertiary/aromatic N) is 1. The number of methoxy groups -OCH3 is 3. The van der Waals surface area contributed by atoms with Gasteiger partial charge in [-0.3, -0.25) is 0 Å². The predicted molar refractivity (Wildman–Crippen MR) is 67.5 cm³/mol. The first-order valence-electron chi connectivity index (χ1n) is 5.59. The molecular formula is C13H15NO5. The van der Waals surface area contributed by atoms with E-state index in [1.807, 2.05) is 0 Å². The molecule has 1 aromatic heterocycles. The molecule has 0 aliphatic heterocycles. The van der Waals surface area contributed by atoms with Gasteiger partial charge < -0.3 is 23.7 Å². The molecule has 0 radical (unpaired) electrons. The van der Waals surface area contributed by atoms with Crippen molar-refractivity contribution in [3.8, 4) is 28.7 Å². The minimum absolute atomic E-state index is 0.173. The highest BCUT2D eigenvalue weighted by molar-refractivity contribution is 5.65. The molecule has 0 aliphatic carbocycles. The number of hydrogen-bond acceptors (Lipinski definition) is 6. The number of benzene rings is 1. The number of aliphatic hydroxyl groups excluding tert-OH is 1. The van der Waals surface area contributed by atoms with Crippen LogP contribution >= 0.6 is 0 Å². The minimum Gasteiger partial charge on any atom is -0.493 e. The van der Waals surface area contributed by atoms with Crippen molar-refractivity contribution in [2.45, 2.75) is 6.61 Å². The molecule has 1 N–H and O–H groups in total. The molecule has 2 rings (SSSR count). The second kappa shape index (κ2) is 5.62. The van der Waals surface area contributed by atoms with Gasteiger partial charge >= 0.3 is 0 Å². The van der Waals surface area contributed by atoms with E-state index in [0.29, 0.717) is 34.4 Å². The highest BCUT2D eigenvalue weighted by atomic mass is 16.5. The Hall–Kier alpha value is -2.21. The van der Waals surface area contributed by atoms with Crippen LogP contribution in [0.3, 0.4) is 0 Å². The van der Waals surface area contributed by atoms with Gasteiger partial charge in [0.2, 0.25) is 11.6 Å². The van der Waals surface area contributed by atoms with E-state index in [4.69, 9.17) is 23.7 Å².